The lowest BCUT2D eigenvalue weighted by atomic mass is 9.93. The zero-order chi connectivity index (χ0) is 16.5. The van der Waals surface area contributed by atoms with E-state index in [0.29, 0.717) is 6.54 Å². The molecule has 2 fully saturated rings. The lowest BCUT2D eigenvalue weighted by Gasteiger charge is -2.31. The van der Waals surface area contributed by atoms with Gasteiger partial charge >= 0.3 is 6.03 Å². The maximum absolute atomic E-state index is 12.0. The van der Waals surface area contributed by atoms with E-state index >= 15 is 0 Å². The van der Waals surface area contributed by atoms with E-state index in [0.717, 1.165) is 51.2 Å². The van der Waals surface area contributed by atoms with Gasteiger partial charge in [0.2, 0.25) is 5.91 Å². The molecule has 1 saturated heterocycles. The van der Waals surface area contributed by atoms with Gasteiger partial charge < -0.3 is 10.6 Å². The number of amides is 3. The van der Waals surface area contributed by atoms with Crippen LogP contribution < -0.4 is 16.0 Å². The molecule has 0 bridgehead atoms. The number of piperidine rings is 1. The number of imide groups is 1. The van der Waals surface area contributed by atoms with Crippen molar-refractivity contribution < 1.29 is 9.59 Å². The van der Waals surface area contributed by atoms with Gasteiger partial charge in [-0.3, -0.25) is 15.0 Å². The Morgan fingerprint density at radius 2 is 1.71 bits per heavy atom. The monoisotopic (exact) mass is 360 g/mol. The van der Waals surface area contributed by atoms with Gasteiger partial charge in [-0.15, -0.1) is 12.4 Å². The van der Waals surface area contributed by atoms with E-state index in [9.17, 15) is 9.59 Å². The molecule has 1 heterocycles. The minimum Gasteiger partial charge on any atom is -0.335 e. The van der Waals surface area contributed by atoms with Crippen LogP contribution in [-0.4, -0.2) is 56.1 Å². The van der Waals surface area contributed by atoms with Crippen LogP contribution in [0.25, 0.3) is 0 Å². The van der Waals surface area contributed by atoms with Crippen LogP contribution in [0, 0.1) is 5.92 Å². The third-order valence-corrected chi connectivity index (χ3v) is 5.07. The Morgan fingerprint density at radius 1 is 1.04 bits per heavy atom. The SMILES string of the molecule is CNCCC1CCN(CC(=O)NC(=O)NC2CCCCC2)CC1.Cl. The highest BCUT2D eigenvalue weighted by Gasteiger charge is 2.22. The van der Waals surface area contributed by atoms with Gasteiger partial charge in [0.05, 0.1) is 6.54 Å². The highest BCUT2D eigenvalue weighted by atomic mass is 35.5. The molecule has 0 aromatic rings. The van der Waals surface area contributed by atoms with Gasteiger partial charge in [-0.1, -0.05) is 19.3 Å². The molecule has 3 N–H and O–H groups in total. The fourth-order valence-corrected chi connectivity index (χ4v) is 3.62. The summed E-state index contributed by atoms with van der Waals surface area (Å²) in [5.41, 5.74) is 0. The van der Waals surface area contributed by atoms with Crippen molar-refractivity contribution in [3.8, 4) is 0 Å². The molecule has 1 aliphatic carbocycles. The summed E-state index contributed by atoms with van der Waals surface area (Å²) in [6, 6.07) is -0.0923. The van der Waals surface area contributed by atoms with E-state index < -0.39 is 0 Å². The molecule has 0 atom stereocenters. The summed E-state index contributed by atoms with van der Waals surface area (Å²) in [5, 5.41) is 8.59. The number of hydrogen-bond donors (Lipinski definition) is 3. The minimum atomic E-state index is -0.328. The molecule has 0 spiro atoms. The zero-order valence-corrected chi connectivity index (χ0v) is 15.6. The van der Waals surface area contributed by atoms with Crippen molar-refractivity contribution in [3.63, 3.8) is 0 Å². The molecule has 140 valence electrons. The summed E-state index contributed by atoms with van der Waals surface area (Å²) >= 11 is 0. The van der Waals surface area contributed by atoms with Crippen LogP contribution in [0.5, 0.6) is 0 Å². The second-order valence-corrected chi connectivity index (χ2v) is 6.97. The van der Waals surface area contributed by atoms with Crippen molar-refractivity contribution in [2.24, 2.45) is 5.92 Å². The fraction of sp³-hybridized carbons (Fsp3) is 0.882. The Kier molecular flexibility index (Phi) is 10.3. The van der Waals surface area contributed by atoms with Crippen molar-refractivity contribution in [2.45, 2.75) is 57.4 Å². The van der Waals surface area contributed by atoms with Crippen LogP contribution in [0.3, 0.4) is 0 Å². The van der Waals surface area contributed by atoms with Gasteiger partial charge in [0.25, 0.3) is 0 Å². The first kappa shape index (κ1) is 21.2. The Morgan fingerprint density at radius 3 is 2.33 bits per heavy atom. The minimum absolute atomic E-state index is 0. The molecule has 7 heteroatoms. The number of nitrogens with zero attached hydrogens (tertiary/aromatic N) is 1. The number of urea groups is 1. The van der Waals surface area contributed by atoms with Crippen LogP contribution in [-0.2, 0) is 4.79 Å². The topological polar surface area (TPSA) is 73.5 Å². The van der Waals surface area contributed by atoms with Gasteiger partial charge in [0.1, 0.15) is 0 Å². The van der Waals surface area contributed by atoms with E-state index in [2.05, 4.69) is 20.9 Å². The first-order valence-electron chi connectivity index (χ1n) is 9.14. The molecule has 3 amide bonds. The summed E-state index contributed by atoms with van der Waals surface area (Å²) in [6.45, 7) is 3.29. The van der Waals surface area contributed by atoms with Crippen molar-refractivity contribution in [1.29, 1.82) is 0 Å². The lowest BCUT2D eigenvalue weighted by Crippen LogP contribution is -2.49. The fourth-order valence-electron chi connectivity index (χ4n) is 3.62. The smallest absolute Gasteiger partial charge is 0.321 e. The predicted molar refractivity (Wildman–Crippen MR) is 98.5 cm³/mol. The molecule has 6 nitrogen and oxygen atoms in total. The van der Waals surface area contributed by atoms with Crippen molar-refractivity contribution in [2.75, 3.05) is 33.2 Å². The molecule has 0 aromatic heterocycles. The van der Waals surface area contributed by atoms with Gasteiger partial charge in [0.15, 0.2) is 0 Å². The van der Waals surface area contributed by atoms with Crippen LogP contribution >= 0.6 is 12.4 Å². The molecular formula is C17H33ClN4O2. The first-order valence-corrected chi connectivity index (χ1v) is 9.14. The third-order valence-electron chi connectivity index (χ3n) is 5.07. The van der Waals surface area contributed by atoms with Gasteiger partial charge in [-0.25, -0.2) is 4.79 Å². The average Bonchev–Trinajstić information content (AvgIpc) is 2.55. The summed E-state index contributed by atoms with van der Waals surface area (Å²) in [5.74, 6) is 0.573. The maximum Gasteiger partial charge on any atom is 0.321 e. The summed E-state index contributed by atoms with van der Waals surface area (Å²) in [7, 11) is 1.98. The highest BCUT2D eigenvalue weighted by molar-refractivity contribution is 5.95. The van der Waals surface area contributed by atoms with Crippen LogP contribution in [0.15, 0.2) is 0 Å². The van der Waals surface area contributed by atoms with Gasteiger partial charge in [0, 0.05) is 6.04 Å². The molecular weight excluding hydrogens is 328 g/mol. The van der Waals surface area contributed by atoms with Crippen LogP contribution in [0.4, 0.5) is 4.79 Å². The Balaban J connectivity index is 0.00000288. The third kappa shape index (κ3) is 7.81. The number of nitrogens with one attached hydrogen (secondary N) is 3. The largest absolute Gasteiger partial charge is 0.335 e. The van der Waals surface area contributed by atoms with E-state index in [1.807, 2.05) is 7.05 Å². The quantitative estimate of drug-likeness (QED) is 0.676. The van der Waals surface area contributed by atoms with Crippen LogP contribution in [0.1, 0.15) is 51.4 Å². The number of halogens is 1. The average molecular weight is 361 g/mol. The molecule has 0 aromatic carbocycles. The Labute approximate surface area is 151 Å². The van der Waals surface area contributed by atoms with E-state index in [4.69, 9.17) is 0 Å². The first-order chi connectivity index (χ1) is 11.2. The maximum atomic E-state index is 12.0. The zero-order valence-electron chi connectivity index (χ0n) is 14.8. The van der Waals surface area contributed by atoms with Crippen LogP contribution in [0.2, 0.25) is 0 Å². The molecule has 24 heavy (non-hydrogen) atoms. The normalized spacial score (nSPS) is 20.2. The standard InChI is InChI=1S/C17H32N4O2.ClH/c1-18-10-7-14-8-11-21(12-9-14)13-16(22)20-17(23)19-15-5-3-2-4-6-15;/h14-15,18H,2-13H2,1H3,(H2,19,20,22,23);1H. The molecule has 2 aliphatic rings. The number of rotatable bonds is 6. The van der Waals surface area contributed by atoms with E-state index in [-0.39, 0.29) is 30.4 Å². The predicted octanol–water partition coefficient (Wildman–Crippen LogP) is 1.89. The van der Waals surface area contributed by atoms with Gasteiger partial charge in [-0.2, -0.15) is 0 Å². The summed E-state index contributed by atoms with van der Waals surface area (Å²) < 4.78 is 0. The lowest BCUT2D eigenvalue weighted by molar-refractivity contribution is -0.121. The number of carbonyl (C=O) groups is 2. The summed E-state index contributed by atoms with van der Waals surface area (Å²) in [6.07, 6.45) is 9.14. The Bertz CT molecular complexity index is 381. The number of hydrogen-bond acceptors (Lipinski definition) is 4. The molecule has 0 unspecified atom stereocenters. The van der Waals surface area contributed by atoms with Crippen molar-refractivity contribution in [1.82, 2.24) is 20.9 Å². The number of carbonyl (C=O) groups excluding carboxylic acids is 2. The highest BCUT2D eigenvalue weighted by Crippen LogP contribution is 2.19. The van der Waals surface area contributed by atoms with E-state index in [1.54, 1.807) is 0 Å². The molecule has 1 saturated carbocycles. The molecule has 2 rings (SSSR count). The second-order valence-electron chi connectivity index (χ2n) is 6.97. The summed E-state index contributed by atoms with van der Waals surface area (Å²) in [4.78, 5) is 26.0. The molecule has 1 aliphatic heterocycles. The van der Waals surface area contributed by atoms with Gasteiger partial charge in [-0.05, 0) is 64.7 Å². The van der Waals surface area contributed by atoms with Crippen molar-refractivity contribution in [3.05, 3.63) is 0 Å². The van der Waals surface area contributed by atoms with Crippen molar-refractivity contribution >= 4 is 24.3 Å². The Hall–Kier alpha value is -0.850. The molecule has 0 radical (unpaired) electrons. The second kappa shape index (κ2) is 11.7. The van der Waals surface area contributed by atoms with E-state index in [1.165, 1.54) is 25.7 Å². The number of likely N-dealkylation sites (tertiary alicyclic amines) is 1.